The predicted octanol–water partition coefficient (Wildman–Crippen LogP) is 1.53. The van der Waals surface area contributed by atoms with Crippen LogP contribution in [-0.4, -0.2) is 70.7 Å². The summed E-state index contributed by atoms with van der Waals surface area (Å²) in [5, 5.41) is 12.2. The summed E-state index contributed by atoms with van der Waals surface area (Å²) in [4.78, 5) is 17.0. The normalized spacial score (nSPS) is 21.6. The van der Waals surface area contributed by atoms with Crippen LogP contribution in [0.3, 0.4) is 0 Å². The Morgan fingerprint density at radius 3 is 2.86 bits per heavy atom. The SMILES string of the molecule is CN(C)CCNC(=O)c1nnc2n1C[C@@H]1CN(Cc3cccc(Cl)c3)C[C@H]1C2. The molecule has 4 rings (SSSR count). The zero-order valence-corrected chi connectivity index (χ0v) is 17.2. The molecule has 2 atom stereocenters. The molecule has 150 valence electrons. The first kappa shape index (κ1) is 19.4. The van der Waals surface area contributed by atoms with E-state index in [1.807, 2.05) is 41.8 Å². The van der Waals surface area contributed by atoms with Crippen LogP contribution in [0.25, 0.3) is 0 Å². The van der Waals surface area contributed by atoms with Gasteiger partial charge in [-0.25, -0.2) is 0 Å². The van der Waals surface area contributed by atoms with E-state index in [1.54, 1.807) is 0 Å². The number of nitrogens with zero attached hydrogens (tertiary/aromatic N) is 5. The summed E-state index contributed by atoms with van der Waals surface area (Å²) in [5.41, 5.74) is 1.24. The lowest BCUT2D eigenvalue weighted by atomic mass is 9.89. The van der Waals surface area contributed by atoms with Crippen LogP contribution in [0.15, 0.2) is 24.3 Å². The van der Waals surface area contributed by atoms with Crippen LogP contribution >= 0.6 is 11.6 Å². The summed E-state index contributed by atoms with van der Waals surface area (Å²) in [5.74, 6) is 2.34. The van der Waals surface area contributed by atoms with Crippen molar-refractivity contribution < 1.29 is 4.79 Å². The van der Waals surface area contributed by atoms with E-state index in [2.05, 4.69) is 26.5 Å². The van der Waals surface area contributed by atoms with Crippen LogP contribution in [0.2, 0.25) is 5.02 Å². The van der Waals surface area contributed by atoms with Gasteiger partial charge in [-0.1, -0.05) is 23.7 Å². The van der Waals surface area contributed by atoms with Crippen molar-refractivity contribution in [3.8, 4) is 0 Å². The van der Waals surface area contributed by atoms with Gasteiger partial charge in [0.1, 0.15) is 5.82 Å². The molecule has 1 amide bonds. The molecule has 1 fully saturated rings. The molecule has 1 saturated heterocycles. The fraction of sp³-hybridized carbons (Fsp3) is 0.550. The number of amides is 1. The Balaban J connectivity index is 1.39. The van der Waals surface area contributed by atoms with Crippen LogP contribution in [0, 0.1) is 11.8 Å². The van der Waals surface area contributed by atoms with Gasteiger partial charge in [-0.05, 0) is 43.6 Å². The predicted molar refractivity (Wildman–Crippen MR) is 108 cm³/mol. The highest BCUT2D eigenvalue weighted by atomic mass is 35.5. The third kappa shape index (κ3) is 4.21. The Hall–Kier alpha value is -1.96. The number of benzene rings is 1. The molecule has 2 aromatic rings. The second-order valence-electron chi connectivity index (χ2n) is 8.16. The summed E-state index contributed by atoms with van der Waals surface area (Å²) in [7, 11) is 3.97. The van der Waals surface area contributed by atoms with Gasteiger partial charge in [0, 0.05) is 50.7 Å². The van der Waals surface area contributed by atoms with Gasteiger partial charge in [0.05, 0.1) is 0 Å². The van der Waals surface area contributed by atoms with E-state index in [0.29, 0.717) is 24.2 Å². The molecule has 28 heavy (non-hydrogen) atoms. The van der Waals surface area contributed by atoms with E-state index in [9.17, 15) is 4.79 Å². The van der Waals surface area contributed by atoms with Gasteiger partial charge < -0.3 is 14.8 Å². The highest BCUT2D eigenvalue weighted by Gasteiger charge is 2.39. The highest BCUT2D eigenvalue weighted by molar-refractivity contribution is 6.30. The molecular formula is C20H27ClN6O. The van der Waals surface area contributed by atoms with E-state index in [4.69, 9.17) is 11.6 Å². The first-order valence-corrected chi connectivity index (χ1v) is 10.2. The van der Waals surface area contributed by atoms with E-state index in [-0.39, 0.29) is 5.91 Å². The van der Waals surface area contributed by atoms with Crippen molar-refractivity contribution in [3.05, 3.63) is 46.5 Å². The molecule has 0 saturated carbocycles. The Labute approximate surface area is 170 Å². The zero-order chi connectivity index (χ0) is 19.7. The third-order valence-corrected chi connectivity index (χ3v) is 5.92. The highest BCUT2D eigenvalue weighted by Crippen LogP contribution is 2.33. The summed E-state index contributed by atoms with van der Waals surface area (Å²) in [6.07, 6.45) is 0.884. The van der Waals surface area contributed by atoms with Crippen molar-refractivity contribution in [2.45, 2.75) is 19.5 Å². The topological polar surface area (TPSA) is 66.3 Å². The Bertz CT molecular complexity index is 851. The van der Waals surface area contributed by atoms with Gasteiger partial charge >= 0.3 is 0 Å². The second-order valence-corrected chi connectivity index (χ2v) is 8.59. The monoisotopic (exact) mass is 402 g/mol. The number of rotatable bonds is 6. The number of hydrogen-bond donors (Lipinski definition) is 1. The van der Waals surface area contributed by atoms with Crippen molar-refractivity contribution in [1.82, 2.24) is 29.9 Å². The standard InChI is InChI=1S/C20H27ClN6O/c1-25(2)7-6-22-20(28)19-24-23-18-9-15-11-26(12-16(15)13-27(18)19)10-14-4-3-5-17(21)8-14/h3-5,8,15-16H,6-7,9-13H2,1-2H3,(H,22,28)/t15-,16+/m1/s1. The number of hydrogen-bond acceptors (Lipinski definition) is 5. The molecule has 0 spiro atoms. The van der Waals surface area contributed by atoms with Gasteiger partial charge in [-0.2, -0.15) is 0 Å². The third-order valence-electron chi connectivity index (χ3n) is 5.68. The molecule has 1 aromatic heterocycles. The molecule has 2 aliphatic heterocycles. The number of aromatic nitrogens is 3. The maximum absolute atomic E-state index is 12.5. The van der Waals surface area contributed by atoms with Crippen molar-refractivity contribution in [3.63, 3.8) is 0 Å². The molecule has 1 N–H and O–H groups in total. The lowest BCUT2D eigenvalue weighted by molar-refractivity contribution is 0.0932. The minimum Gasteiger partial charge on any atom is -0.348 e. The van der Waals surface area contributed by atoms with Crippen molar-refractivity contribution in [2.24, 2.45) is 11.8 Å². The maximum atomic E-state index is 12.5. The lowest BCUT2D eigenvalue weighted by Gasteiger charge is -2.25. The van der Waals surface area contributed by atoms with Crippen molar-refractivity contribution in [2.75, 3.05) is 40.3 Å². The number of fused-ring (bicyclic) bond motifs is 2. The van der Waals surface area contributed by atoms with Gasteiger partial charge in [-0.3, -0.25) is 9.69 Å². The second kappa shape index (κ2) is 8.19. The zero-order valence-electron chi connectivity index (χ0n) is 16.4. The lowest BCUT2D eigenvalue weighted by Crippen LogP contribution is -2.35. The summed E-state index contributed by atoms with van der Waals surface area (Å²) in [6.45, 7) is 5.20. The smallest absolute Gasteiger partial charge is 0.289 e. The van der Waals surface area contributed by atoms with Crippen LogP contribution < -0.4 is 5.32 Å². The Kier molecular flexibility index (Phi) is 5.66. The van der Waals surface area contributed by atoms with E-state index in [1.165, 1.54) is 5.56 Å². The fourth-order valence-electron chi connectivity index (χ4n) is 4.28. The molecule has 8 heteroatoms. The average Bonchev–Trinajstić information content (AvgIpc) is 3.21. The summed E-state index contributed by atoms with van der Waals surface area (Å²) >= 11 is 6.12. The molecule has 0 aliphatic carbocycles. The van der Waals surface area contributed by atoms with E-state index in [0.717, 1.165) is 50.0 Å². The molecule has 7 nitrogen and oxygen atoms in total. The minimum atomic E-state index is -0.132. The number of carbonyl (C=O) groups is 1. The summed E-state index contributed by atoms with van der Waals surface area (Å²) in [6, 6.07) is 8.07. The largest absolute Gasteiger partial charge is 0.348 e. The number of likely N-dealkylation sites (tertiary alicyclic amines) is 1. The number of nitrogens with one attached hydrogen (secondary N) is 1. The molecule has 0 unspecified atom stereocenters. The van der Waals surface area contributed by atoms with Crippen LogP contribution in [0.1, 0.15) is 22.0 Å². The molecule has 2 aliphatic rings. The number of carbonyl (C=O) groups excluding carboxylic acids is 1. The van der Waals surface area contributed by atoms with Gasteiger partial charge in [0.15, 0.2) is 0 Å². The van der Waals surface area contributed by atoms with Gasteiger partial charge in [0.2, 0.25) is 5.82 Å². The average molecular weight is 403 g/mol. The molecular weight excluding hydrogens is 376 g/mol. The minimum absolute atomic E-state index is 0.132. The van der Waals surface area contributed by atoms with E-state index < -0.39 is 0 Å². The van der Waals surface area contributed by atoms with Crippen LogP contribution in [-0.2, 0) is 19.5 Å². The maximum Gasteiger partial charge on any atom is 0.289 e. The van der Waals surface area contributed by atoms with Crippen LogP contribution in [0.5, 0.6) is 0 Å². The van der Waals surface area contributed by atoms with Gasteiger partial charge in [-0.15, -0.1) is 10.2 Å². The molecule has 0 bridgehead atoms. The van der Waals surface area contributed by atoms with E-state index >= 15 is 0 Å². The fourth-order valence-corrected chi connectivity index (χ4v) is 4.50. The first-order valence-electron chi connectivity index (χ1n) is 9.81. The van der Waals surface area contributed by atoms with Crippen LogP contribution in [0.4, 0.5) is 0 Å². The van der Waals surface area contributed by atoms with Gasteiger partial charge in [0.25, 0.3) is 5.91 Å². The van der Waals surface area contributed by atoms with Crippen molar-refractivity contribution in [1.29, 1.82) is 0 Å². The number of halogens is 1. The van der Waals surface area contributed by atoms with Crippen molar-refractivity contribution >= 4 is 17.5 Å². The molecule has 1 aromatic carbocycles. The first-order chi connectivity index (χ1) is 13.5. The summed E-state index contributed by atoms with van der Waals surface area (Å²) < 4.78 is 2.02. The molecule has 3 heterocycles. The number of likely N-dealkylation sites (N-methyl/N-ethyl adjacent to an activating group) is 1. The quantitative estimate of drug-likeness (QED) is 0.793. The Morgan fingerprint density at radius 2 is 2.07 bits per heavy atom. The Morgan fingerprint density at radius 1 is 1.25 bits per heavy atom. The molecule has 0 radical (unpaired) electrons.